The van der Waals surface area contributed by atoms with E-state index >= 15 is 0 Å². The molecule has 3 heterocycles. The Balaban J connectivity index is 1.73. The molecule has 0 spiro atoms. The van der Waals surface area contributed by atoms with Gasteiger partial charge >= 0.3 is 0 Å². The minimum Gasteiger partial charge on any atom is -0.321 e. The number of aromatic nitrogens is 2. The normalized spacial score (nSPS) is 25.5. The second kappa shape index (κ2) is 6.04. The molecule has 2 aliphatic rings. The van der Waals surface area contributed by atoms with Gasteiger partial charge in [-0.3, -0.25) is 4.90 Å². The van der Waals surface area contributed by atoms with Gasteiger partial charge in [-0.25, -0.2) is 13.4 Å². The first-order valence-corrected chi connectivity index (χ1v) is 9.02. The van der Waals surface area contributed by atoms with Gasteiger partial charge in [0.25, 0.3) is 10.0 Å². The number of imidazole rings is 1. The van der Waals surface area contributed by atoms with E-state index in [9.17, 15) is 8.42 Å². The molecule has 21 heavy (non-hydrogen) atoms. The number of hydrogen-bond donors (Lipinski definition) is 1. The molecule has 1 atom stereocenters. The van der Waals surface area contributed by atoms with E-state index in [0.717, 1.165) is 32.6 Å². The first-order valence-electron chi connectivity index (χ1n) is 7.58. The molecule has 1 aromatic rings. The average molecular weight is 313 g/mol. The van der Waals surface area contributed by atoms with Crippen molar-refractivity contribution in [1.29, 1.82) is 0 Å². The summed E-state index contributed by atoms with van der Waals surface area (Å²) in [4.78, 5) is 6.38. The molecule has 0 saturated carbocycles. The number of hydrogen-bond acceptors (Lipinski definition) is 5. The van der Waals surface area contributed by atoms with Crippen LogP contribution < -0.4 is 5.32 Å². The maximum atomic E-state index is 12.7. The van der Waals surface area contributed by atoms with E-state index in [-0.39, 0.29) is 0 Å². The molecular formula is C13H23N5O2S. The van der Waals surface area contributed by atoms with Crippen LogP contribution in [-0.4, -0.2) is 72.5 Å². The first-order chi connectivity index (χ1) is 10.1. The zero-order chi connectivity index (χ0) is 14.9. The molecule has 2 saturated heterocycles. The lowest BCUT2D eigenvalue weighted by Crippen LogP contribution is -2.49. The Hall–Kier alpha value is -0.960. The summed E-state index contributed by atoms with van der Waals surface area (Å²) < 4.78 is 28.8. The summed E-state index contributed by atoms with van der Waals surface area (Å²) in [6, 6.07) is 0.347. The van der Waals surface area contributed by atoms with Crippen LogP contribution in [0.2, 0.25) is 0 Å². The number of rotatable bonds is 4. The van der Waals surface area contributed by atoms with Gasteiger partial charge in [-0.1, -0.05) is 0 Å². The zero-order valence-electron chi connectivity index (χ0n) is 12.4. The van der Waals surface area contributed by atoms with Gasteiger partial charge in [0.05, 0.1) is 12.5 Å². The van der Waals surface area contributed by atoms with Gasteiger partial charge in [0.15, 0.2) is 5.03 Å². The highest BCUT2D eigenvalue weighted by molar-refractivity contribution is 7.89. The van der Waals surface area contributed by atoms with Gasteiger partial charge in [0, 0.05) is 51.9 Å². The van der Waals surface area contributed by atoms with E-state index in [1.807, 2.05) is 6.92 Å². The summed E-state index contributed by atoms with van der Waals surface area (Å²) in [7, 11) is -3.42. The van der Waals surface area contributed by atoms with Gasteiger partial charge in [-0.2, -0.15) is 4.31 Å². The summed E-state index contributed by atoms with van der Waals surface area (Å²) >= 11 is 0. The van der Waals surface area contributed by atoms with Gasteiger partial charge in [0.2, 0.25) is 0 Å². The Morgan fingerprint density at radius 2 is 2.10 bits per heavy atom. The fraction of sp³-hybridized carbons (Fsp3) is 0.769. The number of aryl methyl sites for hydroxylation is 1. The minimum absolute atomic E-state index is 0.311. The molecule has 3 rings (SSSR count). The number of piperazine rings is 1. The third-order valence-electron chi connectivity index (χ3n) is 4.41. The Kier molecular flexibility index (Phi) is 4.30. The number of nitrogens with zero attached hydrogens (tertiary/aromatic N) is 4. The van der Waals surface area contributed by atoms with Crippen LogP contribution in [0.25, 0.3) is 0 Å². The Bertz CT molecular complexity index is 579. The monoisotopic (exact) mass is 313 g/mol. The van der Waals surface area contributed by atoms with Crippen molar-refractivity contribution in [3.05, 3.63) is 12.5 Å². The van der Waals surface area contributed by atoms with E-state index in [1.165, 1.54) is 6.20 Å². The van der Waals surface area contributed by atoms with Gasteiger partial charge in [-0.15, -0.1) is 0 Å². The smallest absolute Gasteiger partial charge is 0.260 e. The maximum absolute atomic E-state index is 12.7. The molecule has 1 aromatic heterocycles. The largest absolute Gasteiger partial charge is 0.321 e. The summed E-state index contributed by atoms with van der Waals surface area (Å²) in [6.45, 7) is 7.73. The van der Waals surface area contributed by atoms with Crippen molar-refractivity contribution >= 4 is 10.0 Å². The van der Waals surface area contributed by atoms with Crippen molar-refractivity contribution in [2.75, 3.05) is 39.3 Å². The Labute approximate surface area is 126 Å². The molecule has 1 N–H and O–H groups in total. The van der Waals surface area contributed by atoms with Gasteiger partial charge < -0.3 is 9.88 Å². The zero-order valence-corrected chi connectivity index (χ0v) is 13.2. The summed E-state index contributed by atoms with van der Waals surface area (Å²) in [6.07, 6.45) is 3.95. The minimum atomic E-state index is -3.42. The third kappa shape index (κ3) is 2.85. The summed E-state index contributed by atoms with van der Waals surface area (Å²) in [5, 5.41) is 3.64. The predicted molar refractivity (Wildman–Crippen MR) is 79.5 cm³/mol. The van der Waals surface area contributed by atoms with Crippen LogP contribution >= 0.6 is 0 Å². The lowest BCUT2D eigenvalue weighted by atomic mass is 10.2. The van der Waals surface area contributed by atoms with E-state index in [1.54, 1.807) is 15.2 Å². The van der Waals surface area contributed by atoms with Crippen LogP contribution in [0.15, 0.2) is 17.6 Å². The first kappa shape index (κ1) is 15.0. The molecule has 2 aliphatic heterocycles. The highest BCUT2D eigenvalue weighted by Gasteiger charge is 2.36. The molecule has 0 aromatic carbocycles. The molecule has 7 nitrogen and oxygen atoms in total. The SMILES string of the molecule is CCn1cncc1S(=O)(=O)N1CCC(N2CCNCC2)C1. The number of sulfonamides is 1. The second-order valence-electron chi connectivity index (χ2n) is 5.61. The molecular weight excluding hydrogens is 290 g/mol. The average Bonchev–Trinajstić information content (AvgIpc) is 3.17. The molecule has 0 amide bonds. The highest BCUT2D eigenvalue weighted by Crippen LogP contribution is 2.23. The molecule has 8 heteroatoms. The topological polar surface area (TPSA) is 70.5 Å². The van der Waals surface area contributed by atoms with Crippen LogP contribution in [-0.2, 0) is 16.6 Å². The number of nitrogens with one attached hydrogen (secondary N) is 1. The lowest BCUT2D eigenvalue weighted by Gasteiger charge is -2.32. The molecule has 2 fully saturated rings. The Morgan fingerprint density at radius 3 is 2.81 bits per heavy atom. The second-order valence-corrected chi connectivity index (χ2v) is 7.49. The van der Waals surface area contributed by atoms with E-state index in [4.69, 9.17) is 0 Å². The predicted octanol–water partition coefficient (Wildman–Crippen LogP) is -0.429. The standard InChI is InChI=1S/C13H23N5O2S/c1-2-16-11-15-9-13(16)21(19,20)18-6-3-12(10-18)17-7-4-14-5-8-17/h9,11-12,14H,2-8,10H2,1H3. The highest BCUT2D eigenvalue weighted by atomic mass is 32.2. The molecule has 1 unspecified atom stereocenters. The van der Waals surface area contributed by atoms with Crippen molar-refractivity contribution in [3.8, 4) is 0 Å². The van der Waals surface area contributed by atoms with Gasteiger partial charge in [0.1, 0.15) is 0 Å². The fourth-order valence-corrected chi connectivity index (χ4v) is 4.81. The van der Waals surface area contributed by atoms with E-state index < -0.39 is 10.0 Å². The fourth-order valence-electron chi connectivity index (χ4n) is 3.17. The van der Waals surface area contributed by atoms with Gasteiger partial charge in [-0.05, 0) is 13.3 Å². The van der Waals surface area contributed by atoms with Crippen molar-refractivity contribution in [2.24, 2.45) is 0 Å². The quantitative estimate of drug-likeness (QED) is 0.817. The molecule has 0 radical (unpaired) electrons. The third-order valence-corrected chi connectivity index (χ3v) is 6.29. The molecule has 0 bridgehead atoms. The summed E-state index contributed by atoms with van der Waals surface area (Å²) in [5.74, 6) is 0. The molecule has 0 aliphatic carbocycles. The van der Waals surface area contributed by atoms with Crippen LogP contribution in [0.5, 0.6) is 0 Å². The van der Waals surface area contributed by atoms with Crippen LogP contribution in [0.1, 0.15) is 13.3 Å². The summed E-state index contributed by atoms with van der Waals surface area (Å²) in [5.41, 5.74) is 0. The van der Waals surface area contributed by atoms with Crippen LogP contribution in [0.4, 0.5) is 0 Å². The van der Waals surface area contributed by atoms with Crippen molar-refractivity contribution in [3.63, 3.8) is 0 Å². The van der Waals surface area contributed by atoms with Crippen molar-refractivity contribution in [2.45, 2.75) is 31.0 Å². The molecule has 118 valence electrons. The van der Waals surface area contributed by atoms with Crippen molar-refractivity contribution < 1.29 is 8.42 Å². The lowest BCUT2D eigenvalue weighted by molar-refractivity contribution is 0.179. The Morgan fingerprint density at radius 1 is 1.33 bits per heavy atom. The van der Waals surface area contributed by atoms with Crippen molar-refractivity contribution in [1.82, 2.24) is 24.1 Å². The van der Waals surface area contributed by atoms with Crippen LogP contribution in [0.3, 0.4) is 0 Å². The van der Waals surface area contributed by atoms with E-state index in [2.05, 4.69) is 15.2 Å². The van der Waals surface area contributed by atoms with E-state index in [0.29, 0.717) is 30.7 Å². The maximum Gasteiger partial charge on any atom is 0.260 e. The van der Waals surface area contributed by atoms with Crippen LogP contribution in [0, 0.1) is 0 Å².